The minimum absolute atomic E-state index is 0.682. The summed E-state index contributed by atoms with van der Waals surface area (Å²) in [6.45, 7) is 2.13. The number of unbranched alkanes of at least 4 members (excludes halogenated alkanes) is 1. The van der Waals surface area contributed by atoms with E-state index < -0.39 is 0 Å². The van der Waals surface area contributed by atoms with Crippen LogP contribution in [0.1, 0.15) is 26.2 Å². The molecule has 0 aliphatic heterocycles. The number of rotatable bonds is 3. The van der Waals surface area contributed by atoms with Crippen molar-refractivity contribution in [2.45, 2.75) is 26.2 Å². The van der Waals surface area contributed by atoms with E-state index in [9.17, 15) is 0 Å². The van der Waals surface area contributed by atoms with Crippen molar-refractivity contribution in [3.05, 3.63) is 0 Å². The summed E-state index contributed by atoms with van der Waals surface area (Å²) in [7, 11) is 0. The molecule has 0 atom stereocenters. The molecule has 0 aliphatic carbocycles. The Morgan fingerprint density at radius 1 is 1.71 bits per heavy atom. The summed E-state index contributed by atoms with van der Waals surface area (Å²) in [5.74, 6) is 0. The standard InChI is InChI=1S/C5H10NSe/c1-2-3-4-5(6)7/h6H,2-4H2,1H3. The molecule has 7 heavy (non-hydrogen) atoms. The molecular weight excluding hydrogens is 153 g/mol. The van der Waals surface area contributed by atoms with Crippen LogP contribution in [0.3, 0.4) is 0 Å². The van der Waals surface area contributed by atoms with Crippen LogP contribution in [-0.4, -0.2) is 20.6 Å². The fraction of sp³-hybridized carbons (Fsp3) is 0.800. The molecule has 41 valence electrons. The summed E-state index contributed by atoms with van der Waals surface area (Å²) in [6.07, 6.45) is 3.26. The Morgan fingerprint density at radius 3 is 2.43 bits per heavy atom. The van der Waals surface area contributed by atoms with E-state index in [0.717, 1.165) is 12.8 Å². The Labute approximate surface area is 52.8 Å². The van der Waals surface area contributed by atoms with Gasteiger partial charge in [0, 0.05) is 0 Å². The molecule has 0 aromatic heterocycles. The Balaban J connectivity index is 2.82. The SMILES string of the molecule is CCCCC(=N)[Se]. The van der Waals surface area contributed by atoms with Crippen LogP contribution in [0.25, 0.3) is 0 Å². The van der Waals surface area contributed by atoms with Crippen LogP contribution in [0.15, 0.2) is 0 Å². The van der Waals surface area contributed by atoms with Crippen molar-refractivity contribution in [3.8, 4) is 0 Å². The molecule has 1 nitrogen and oxygen atoms in total. The van der Waals surface area contributed by atoms with Gasteiger partial charge in [-0.3, -0.25) is 0 Å². The third kappa shape index (κ3) is 6.19. The molecule has 0 aliphatic rings. The van der Waals surface area contributed by atoms with Gasteiger partial charge in [-0.25, -0.2) is 0 Å². The Hall–Kier alpha value is 0.189. The number of hydrogen-bond acceptors (Lipinski definition) is 1. The first-order valence-electron chi connectivity index (χ1n) is 2.51. The van der Waals surface area contributed by atoms with Gasteiger partial charge in [0.2, 0.25) is 0 Å². The zero-order chi connectivity index (χ0) is 5.70. The third-order valence-corrected chi connectivity index (χ3v) is 1.19. The fourth-order valence-corrected chi connectivity index (χ4v) is 0.640. The topological polar surface area (TPSA) is 23.9 Å². The van der Waals surface area contributed by atoms with Crippen molar-refractivity contribution in [1.82, 2.24) is 0 Å². The summed E-state index contributed by atoms with van der Waals surface area (Å²) in [6, 6.07) is 0. The van der Waals surface area contributed by atoms with Gasteiger partial charge in [0.1, 0.15) is 0 Å². The molecule has 1 radical (unpaired) electrons. The second-order valence-electron chi connectivity index (χ2n) is 1.53. The van der Waals surface area contributed by atoms with Gasteiger partial charge in [0.25, 0.3) is 0 Å². The molecule has 0 saturated carbocycles. The summed E-state index contributed by atoms with van der Waals surface area (Å²) in [5, 5.41) is 6.94. The summed E-state index contributed by atoms with van der Waals surface area (Å²) in [5.41, 5.74) is 0. The molecule has 0 heterocycles. The van der Waals surface area contributed by atoms with E-state index in [1.165, 1.54) is 6.42 Å². The van der Waals surface area contributed by atoms with Crippen LogP contribution in [0.5, 0.6) is 0 Å². The fourth-order valence-electron chi connectivity index (χ4n) is 0.337. The second-order valence-corrected chi connectivity index (χ2v) is 2.56. The van der Waals surface area contributed by atoms with Crippen LogP contribution in [-0.2, 0) is 0 Å². The van der Waals surface area contributed by atoms with E-state index in [0.29, 0.717) is 4.61 Å². The molecule has 2 heteroatoms. The normalized spacial score (nSPS) is 8.71. The van der Waals surface area contributed by atoms with Crippen LogP contribution < -0.4 is 0 Å². The van der Waals surface area contributed by atoms with Crippen molar-refractivity contribution in [1.29, 1.82) is 5.41 Å². The molecule has 0 unspecified atom stereocenters. The number of nitrogens with one attached hydrogen (secondary N) is 1. The van der Waals surface area contributed by atoms with Crippen LogP contribution in [0.2, 0.25) is 0 Å². The zero-order valence-electron chi connectivity index (χ0n) is 4.53. The van der Waals surface area contributed by atoms with Crippen molar-refractivity contribution in [2.75, 3.05) is 0 Å². The van der Waals surface area contributed by atoms with E-state index in [-0.39, 0.29) is 0 Å². The molecule has 0 bridgehead atoms. The maximum absolute atomic E-state index is 6.94. The first kappa shape index (κ1) is 7.19. The molecule has 0 amide bonds. The first-order valence-corrected chi connectivity index (χ1v) is 3.37. The van der Waals surface area contributed by atoms with Crippen LogP contribution in [0.4, 0.5) is 0 Å². The van der Waals surface area contributed by atoms with Gasteiger partial charge in [-0.15, -0.1) is 0 Å². The van der Waals surface area contributed by atoms with Crippen molar-refractivity contribution >= 4 is 20.6 Å². The van der Waals surface area contributed by atoms with Gasteiger partial charge in [0.05, 0.1) is 0 Å². The van der Waals surface area contributed by atoms with Crippen molar-refractivity contribution in [2.24, 2.45) is 0 Å². The van der Waals surface area contributed by atoms with E-state index in [1.807, 2.05) is 0 Å². The van der Waals surface area contributed by atoms with Gasteiger partial charge in [-0.2, -0.15) is 0 Å². The molecule has 0 aromatic carbocycles. The molecule has 0 rings (SSSR count). The van der Waals surface area contributed by atoms with Crippen LogP contribution in [0, 0.1) is 5.41 Å². The molecule has 0 fully saturated rings. The average molecular weight is 163 g/mol. The van der Waals surface area contributed by atoms with E-state index in [1.54, 1.807) is 0 Å². The Bertz CT molecular complexity index is 61.1. The van der Waals surface area contributed by atoms with Gasteiger partial charge in [-0.1, -0.05) is 0 Å². The number of hydrogen-bond donors (Lipinski definition) is 1. The van der Waals surface area contributed by atoms with E-state index in [2.05, 4.69) is 22.9 Å². The summed E-state index contributed by atoms with van der Waals surface area (Å²) < 4.78 is 0.682. The van der Waals surface area contributed by atoms with E-state index in [4.69, 9.17) is 5.41 Å². The monoisotopic (exact) mass is 164 g/mol. The molecule has 1 N–H and O–H groups in total. The second kappa shape index (κ2) is 4.35. The maximum atomic E-state index is 6.94. The Kier molecular flexibility index (Phi) is 4.47. The first-order chi connectivity index (χ1) is 3.27. The predicted molar refractivity (Wildman–Crippen MR) is 33.0 cm³/mol. The molecule has 0 aromatic rings. The predicted octanol–water partition coefficient (Wildman–Crippen LogP) is 1.32. The minimum atomic E-state index is 0.682. The zero-order valence-corrected chi connectivity index (χ0v) is 6.24. The van der Waals surface area contributed by atoms with Crippen molar-refractivity contribution in [3.63, 3.8) is 0 Å². The van der Waals surface area contributed by atoms with Crippen LogP contribution >= 0.6 is 0 Å². The van der Waals surface area contributed by atoms with Gasteiger partial charge in [-0.05, 0) is 0 Å². The van der Waals surface area contributed by atoms with Gasteiger partial charge < -0.3 is 0 Å². The van der Waals surface area contributed by atoms with Crippen molar-refractivity contribution < 1.29 is 0 Å². The quantitative estimate of drug-likeness (QED) is 0.479. The van der Waals surface area contributed by atoms with Gasteiger partial charge in [0.15, 0.2) is 0 Å². The van der Waals surface area contributed by atoms with Gasteiger partial charge >= 0.3 is 52.2 Å². The molecule has 0 spiro atoms. The van der Waals surface area contributed by atoms with E-state index >= 15 is 0 Å². The summed E-state index contributed by atoms with van der Waals surface area (Å²) >= 11 is 2.66. The third-order valence-electron chi connectivity index (χ3n) is 0.757. The average Bonchev–Trinajstić information content (AvgIpc) is 1.61. The summed E-state index contributed by atoms with van der Waals surface area (Å²) in [4.78, 5) is 0. The Morgan fingerprint density at radius 2 is 2.29 bits per heavy atom. The molecule has 0 saturated heterocycles. The molecular formula is C5H10NSe.